The number of halogens is 1. The molecule has 1 aliphatic heterocycles. The average molecular weight is 364 g/mol. The minimum atomic E-state index is -0.0781. The third-order valence-corrected chi connectivity index (χ3v) is 6.45. The molecule has 19 heavy (non-hydrogen) atoms. The fourth-order valence-electron chi connectivity index (χ4n) is 1.81. The molecule has 0 saturated carbocycles. The van der Waals surface area contributed by atoms with Crippen LogP contribution in [0.3, 0.4) is 0 Å². The molecular formula is C12H18BrN3OS2. The SMILES string of the molecule is CC(C)n1ncc(NCC2CSCCS2)c(Br)c1=O. The molecule has 0 aliphatic carbocycles. The van der Waals surface area contributed by atoms with Gasteiger partial charge in [-0.2, -0.15) is 28.6 Å². The van der Waals surface area contributed by atoms with Crippen molar-refractivity contribution in [2.75, 3.05) is 29.1 Å². The Morgan fingerprint density at radius 1 is 1.58 bits per heavy atom. The van der Waals surface area contributed by atoms with Crippen LogP contribution in [0.2, 0.25) is 0 Å². The Hall–Kier alpha value is -0.140. The van der Waals surface area contributed by atoms with Crippen molar-refractivity contribution < 1.29 is 0 Å². The molecule has 1 aliphatic rings. The number of nitrogens with one attached hydrogen (secondary N) is 1. The normalized spacial score (nSPS) is 19.7. The number of thioether (sulfide) groups is 2. The molecule has 1 aromatic rings. The second-order valence-electron chi connectivity index (χ2n) is 4.66. The minimum absolute atomic E-state index is 0.0724. The van der Waals surface area contributed by atoms with E-state index in [1.54, 1.807) is 6.20 Å². The molecule has 1 unspecified atom stereocenters. The Labute approximate surface area is 130 Å². The van der Waals surface area contributed by atoms with E-state index >= 15 is 0 Å². The highest BCUT2D eigenvalue weighted by molar-refractivity contribution is 9.10. The first-order chi connectivity index (χ1) is 9.09. The lowest BCUT2D eigenvalue weighted by molar-refractivity contribution is 0.501. The Bertz CT molecular complexity index is 486. The van der Waals surface area contributed by atoms with Gasteiger partial charge in [0, 0.05) is 29.1 Å². The standard InChI is InChI=1S/C12H18BrN3OS2/c1-8(2)16-12(17)11(13)10(6-15-16)14-5-9-7-18-3-4-19-9/h6,8-9,14H,3-5,7H2,1-2H3. The summed E-state index contributed by atoms with van der Waals surface area (Å²) in [4.78, 5) is 12.1. The number of anilines is 1. The molecule has 1 fully saturated rings. The average Bonchev–Trinajstić information content (AvgIpc) is 2.41. The van der Waals surface area contributed by atoms with E-state index in [4.69, 9.17) is 0 Å². The molecule has 1 saturated heterocycles. The second-order valence-corrected chi connectivity index (χ2v) is 8.02. The van der Waals surface area contributed by atoms with Gasteiger partial charge in [-0.3, -0.25) is 4.79 Å². The van der Waals surface area contributed by atoms with E-state index in [0.717, 1.165) is 12.2 Å². The number of nitrogens with zero attached hydrogens (tertiary/aromatic N) is 2. The monoisotopic (exact) mass is 363 g/mol. The Kier molecular flexibility index (Phi) is 5.65. The van der Waals surface area contributed by atoms with Crippen LogP contribution in [0.5, 0.6) is 0 Å². The van der Waals surface area contributed by atoms with Crippen molar-refractivity contribution in [3.63, 3.8) is 0 Å². The zero-order valence-corrected chi connectivity index (χ0v) is 14.3. The first-order valence-electron chi connectivity index (χ1n) is 6.30. The predicted octanol–water partition coefficient (Wildman–Crippen LogP) is 2.85. The topological polar surface area (TPSA) is 46.9 Å². The molecule has 1 N–H and O–H groups in total. The Morgan fingerprint density at radius 3 is 3.00 bits per heavy atom. The summed E-state index contributed by atoms with van der Waals surface area (Å²) >= 11 is 7.37. The highest BCUT2D eigenvalue weighted by Crippen LogP contribution is 2.25. The van der Waals surface area contributed by atoms with Gasteiger partial charge in [0.25, 0.3) is 5.56 Å². The summed E-state index contributed by atoms with van der Waals surface area (Å²) in [6.07, 6.45) is 1.73. The van der Waals surface area contributed by atoms with Crippen LogP contribution in [0.4, 0.5) is 5.69 Å². The molecular weight excluding hydrogens is 346 g/mol. The molecule has 7 heteroatoms. The molecule has 2 rings (SSSR count). The van der Waals surface area contributed by atoms with Crippen LogP contribution < -0.4 is 10.9 Å². The fraction of sp³-hybridized carbons (Fsp3) is 0.667. The van der Waals surface area contributed by atoms with Gasteiger partial charge in [-0.1, -0.05) is 0 Å². The van der Waals surface area contributed by atoms with Gasteiger partial charge in [-0.15, -0.1) is 0 Å². The van der Waals surface area contributed by atoms with Crippen LogP contribution in [0.25, 0.3) is 0 Å². The Balaban J connectivity index is 2.04. The van der Waals surface area contributed by atoms with Gasteiger partial charge in [0.1, 0.15) is 4.47 Å². The molecule has 0 bridgehead atoms. The van der Waals surface area contributed by atoms with E-state index in [1.165, 1.54) is 21.9 Å². The van der Waals surface area contributed by atoms with E-state index in [2.05, 4.69) is 26.3 Å². The van der Waals surface area contributed by atoms with E-state index in [-0.39, 0.29) is 11.6 Å². The summed E-state index contributed by atoms with van der Waals surface area (Å²) in [6.45, 7) is 4.77. The molecule has 106 valence electrons. The van der Waals surface area contributed by atoms with Crippen molar-refractivity contribution in [3.05, 3.63) is 21.0 Å². The summed E-state index contributed by atoms with van der Waals surface area (Å²) in [5.41, 5.74) is 0.712. The van der Waals surface area contributed by atoms with Gasteiger partial charge in [-0.05, 0) is 29.8 Å². The first-order valence-corrected chi connectivity index (χ1v) is 9.29. The summed E-state index contributed by atoms with van der Waals surface area (Å²) < 4.78 is 2.06. The van der Waals surface area contributed by atoms with Crippen LogP contribution in [0, 0.1) is 0 Å². The second kappa shape index (κ2) is 7.04. The van der Waals surface area contributed by atoms with Gasteiger partial charge in [0.05, 0.1) is 17.9 Å². The molecule has 2 heterocycles. The quantitative estimate of drug-likeness (QED) is 0.890. The van der Waals surface area contributed by atoms with Crippen molar-refractivity contribution in [1.82, 2.24) is 9.78 Å². The minimum Gasteiger partial charge on any atom is -0.382 e. The zero-order chi connectivity index (χ0) is 13.8. The van der Waals surface area contributed by atoms with Gasteiger partial charge in [0.2, 0.25) is 0 Å². The third kappa shape index (κ3) is 3.92. The lowest BCUT2D eigenvalue weighted by atomic mass is 10.3. The lowest BCUT2D eigenvalue weighted by Gasteiger charge is -2.22. The molecule has 4 nitrogen and oxygen atoms in total. The molecule has 1 atom stereocenters. The molecule has 0 amide bonds. The number of hydrogen-bond acceptors (Lipinski definition) is 5. The van der Waals surface area contributed by atoms with Crippen LogP contribution >= 0.6 is 39.5 Å². The van der Waals surface area contributed by atoms with Crippen molar-refractivity contribution in [2.24, 2.45) is 0 Å². The van der Waals surface area contributed by atoms with Crippen LogP contribution in [-0.2, 0) is 0 Å². The maximum absolute atomic E-state index is 12.1. The summed E-state index contributed by atoms with van der Waals surface area (Å²) in [5.74, 6) is 3.63. The lowest BCUT2D eigenvalue weighted by Crippen LogP contribution is -2.28. The van der Waals surface area contributed by atoms with Crippen molar-refractivity contribution in [1.29, 1.82) is 0 Å². The first kappa shape index (κ1) is 15.3. The predicted molar refractivity (Wildman–Crippen MR) is 88.6 cm³/mol. The van der Waals surface area contributed by atoms with E-state index < -0.39 is 0 Å². The smallest absolute Gasteiger partial charge is 0.283 e. The fourth-order valence-corrected chi connectivity index (χ4v) is 4.85. The number of rotatable bonds is 4. The molecule has 1 aromatic heterocycles. The largest absolute Gasteiger partial charge is 0.382 e. The molecule has 0 aromatic carbocycles. The van der Waals surface area contributed by atoms with E-state index in [1.807, 2.05) is 37.4 Å². The van der Waals surface area contributed by atoms with Gasteiger partial charge >= 0.3 is 0 Å². The van der Waals surface area contributed by atoms with E-state index in [0.29, 0.717) is 9.72 Å². The van der Waals surface area contributed by atoms with Crippen molar-refractivity contribution in [2.45, 2.75) is 25.1 Å². The van der Waals surface area contributed by atoms with Gasteiger partial charge < -0.3 is 5.32 Å². The zero-order valence-electron chi connectivity index (χ0n) is 11.1. The van der Waals surface area contributed by atoms with Crippen molar-refractivity contribution in [3.8, 4) is 0 Å². The van der Waals surface area contributed by atoms with Gasteiger partial charge in [0.15, 0.2) is 0 Å². The highest BCUT2D eigenvalue weighted by atomic mass is 79.9. The van der Waals surface area contributed by atoms with Gasteiger partial charge in [-0.25, -0.2) is 4.68 Å². The van der Waals surface area contributed by atoms with E-state index in [9.17, 15) is 4.79 Å². The van der Waals surface area contributed by atoms with Crippen LogP contribution in [0.15, 0.2) is 15.5 Å². The Morgan fingerprint density at radius 2 is 2.37 bits per heavy atom. The molecule has 0 spiro atoms. The van der Waals surface area contributed by atoms with Crippen LogP contribution in [-0.4, -0.2) is 38.8 Å². The maximum atomic E-state index is 12.1. The highest BCUT2D eigenvalue weighted by Gasteiger charge is 2.16. The van der Waals surface area contributed by atoms with Crippen LogP contribution in [0.1, 0.15) is 19.9 Å². The summed E-state index contributed by atoms with van der Waals surface area (Å²) in [6, 6.07) is 0.0724. The summed E-state index contributed by atoms with van der Waals surface area (Å²) in [5, 5.41) is 8.14. The molecule has 0 radical (unpaired) electrons. The summed E-state index contributed by atoms with van der Waals surface area (Å²) in [7, 11) is 0. The number of aromatic nitrogens is 2. The number of hydrogen-bond donors (Lipinski definition) is 1. The van der Waals surface area contributed by atoms with Crippen molar-refractivity contribution >= 4 is 45.1 Å². The maximum Gasteiger partial charge on any atom is 0.283 e. The third-order valence-electron chi connectivity index (χ3n) is 2.84.